The molecule has 14 heteroatoms. The van der Waals surface area contributed by atoms with E-state index in [0.29, 0.717) is 87.3 Å². The van der Waals surface area contributed by atoms with Gasteiger partial charge in [-0.2, -0.15) is 13.2 Å². The van der Waals surface area contributed by atoms with E-state index < -0.39 is 17.6 Å². The molecule has 3 aromatic carbocycles. The number of amides is 2. The monoisotopic (exact) mass is 780 g/mol. The summed E-state index contributed by atoms with van der Waals surface area (Å²) in [5.41, 5.74) is 3.71. The molecular formula is C42H51F3N4O7. The molecule has 0 aliphatic rings. The summed E-state index contributed by atoms with van der Waals surface area (Å²) in [5.74, 6) is -0.792. The predicted octanol–water partition coefficient (Wildman–Crippen LogP) is 6.79. The summed E-state index contributed by atoms with van der Waals surface area (Å²) in [6.45, 7) is 9.01. The number of nitrogens with one attached hydrogen (secondary N) is 2. The zero-order valence-corrected chi connectivity index (χ0v) is 31.9. The number of aromatic nitrogens is 1. The van der Waals surface area contributed by atoms with Gasteiger partial charge in [-0.1, -0.05) is 24.3 Å². The Kier molecular flexibility index (Phi) is 18.2. The smallest absolute Gasteiger partial charge is 0.394 e. The number of halogens is 3. The molecule has 0 radical (unpaired) electrons. The number of aliphatic hydroxyl groups excluding tert-OH is 1. The van der Waals surface area contributed by atoms with Gasteiger partial charge in [0, 0.05) is 54.8 Å². The zero-order valence-electron chi connectivity index (χ0n) is 31.9. The van der Waals surface area contributed by atoms with Crippen molar-refractivity contribution in [3.05, 3.63) is 113 Å². The van der Waals surface area contributed by atoms with E-state index in [1.807, 2.05) is 50.2 Å². The van der Waals surface area contributed by atoms with Crippen molar-refractivity contribution in [3.8, 4) is 11.3 Å². The number of ether oxygens (including phenoxy) is 4. The van der Waals surface area contributed by atoms with Crippen molar-refractivity contribution < 1.29 is 46.8 Å². The maximum absolute atomic E-state index is 13.6. The summed E-state index contributed by atoms with van der Waals surface area (Å²) in [4.78, 5) is 33.5. The van der Waals surface area contributed by atoms with E-state index in [0.717, 1.165) is 42.9 Å². The summed E-state index contributed by atoms with van der Waals surface area (Å²) in [6, 6.07) is 21.0. The second kappa shape index (κ2) is 23.3. The van der Waals surface area contributed by atoms with Crippen LogP contribution in [0.15, 0.2) is 85.1 Å². The molecule has 11 nitrogen and oxygen atoms in total. The van der Waals surface area contributed by atoms with Crippen LogP contribution < -0.4 is 15.5 Å². The number of hydrogen-bond acceptors (Lipinski definition) is 9. The molecule has 56 heavy (non-hydrogen) atoms. The van der Waals surface area contributed by atoms with Gasteiger partial charge in [0.05, 0.1) is 69.8 Å². The minimum absolute atomic E-state index is 0.00664. The molecule has 0 saturated heterocycles. The van der Waals surface area contributed by atoms with Crippen molar-refractivity contribution >= 4 is 23.2 Å². The van der Waals surface area contributed by atoms with Crippen molar-refractivity contribution in [3.63, 3.8) is 0 Å². The summed E-state index contributed by atoms with van der Waals surface area (Å²) in [5, 5.41) is 14.4. The zero-order chi connectivity index (χ0) is 40.2. The van der Waals surface area contributed by atoms with Crippen molar-refractivity contribution in [2.75, 3.05) is 82.8 Å². The number of hydrogen-bond donors (Lipinski definition) is 3. The number of pyridine rings is 1. The summed E-state index contributed by atoms with van der Waals surface area (Å²) in [6.07, 6.45) is -1.53. The van der Waals surface area contributed by atoms with Crippen LogP contribution in [-0.2, 0) is 38.1 Å². The van der Waals surface area contributed by atoms with Gasteiger partial charge in [-0.25, -0.2) is 0 Å². The molecule has 0 aliphatic heterocycles. The number of alkyl halides is 3. The van der Waals surface area contributed by atoms with E-state index in [9.17, 15) is 22.8 Å². The van der Waals surface area contributed by atoms with Crippen LogP contribution >= 0.6 is 0 Å². The minimum Gasteiger partial charge on any atom is -0.394 e. The topological polar surface area (TPSA) is 131 Å². The molecule has 302 valence electrons. The molecule has 0 aliphatic carbocycles. The van der Waals surface area contributed by atoms with E-state index >= 15 is 0 Å². The van der Waals surface area contributed by atoms with E-state index in [-0.39, 0.29) is 24.6 Å². The second-order valence-corrected chi connectivity index (χ2v) is 12.6. The Labute approximate surface area is 326 Å². The number of benzene rings is 3. The molecule has 4 rings (SSSR count). The fourth-order valence-corrected chi connectivity index (χ4v) is 5.77. The van der Waals surface area contributed by atoms with Crippen molar-refractivity contribution in [2.45, 2.75) is 39.4 Å². The molecule has 4 aromatic rings. The molecule has 0 fully saturated rings. The highest BCUT2D eigenvalue weighted by Crippen LogP contribution is 2.33. The third kappa shape index (κ3) is 14.3. The molecule has 0 atom stereocenters. The van der Waals surface area contributed by atoms with Gasteiger partial charge < -0.3 is 39.6 Å². The van der Waals surface area contributed by atoms with Gasteiger partial charge in [0.2, 0.25) is 0 Å². The Morgan fingerprint density at radius 1 is 0.732 bits per heavy atom. The van der Waals surface area contributed by atoms with Crippen LogP contribution in [0.25, 0.3) is 11.3 Å². The SMILES string of the molecule is CCN(CC)c1ccc(NC(=O)c2cccc(CCCOCCOCCOCCOCCO)c2)c(-c2cc(C(=O)NCc3cccc(C(F)(F)F)c3)ccn2)c1. The Morgan fingerprint density at radius 2 is 1.38 bits per heavy atom. The lowest BCUT2D eigenvalue weighted by Crippen LogP contribution is -2.23. The fraction of sp³-hybridized carbons (Fsp3) is 0.405. The van der Waals surface area contributed by atoms with Crippen LogP contribution in [0, 0.1) is 0 Å². The summed E-state index contributed by atoms with van der Waals surface area (Å²) < 4.78 is 61.3. The lowest BCUT2D eigenvalue weighted by Gasteiger charge is -2.23. The number of carbonyl (C=O) groups is 2. The molecule has 3 N–H and O–H groups in total. The Hall–Kier alpha value is -4.86. The van der Waals surface area contributed by atoms with E-state index in [4.69, 9.17) is 24.1 Å². The van der Waals surface area contributed by atoms with Crippen LogP contribution in [0.3, 0.4) is 0 Å². The van der Waals surface area contributed by atoms with E-state index in [1.54, 1.807) is 12.1 Å². The van der Waals surface area contributed by atoms with Gasteiger partial charge in [-0.3, -0.25) is 14.6 Å². The maximum Gasteiger partial charge on any atom is 0.416 e. The first-order chi connectivity index (χ1) is 27.1. The molecule has 0 unspecified atom stereocenters. The number of aliphatic hydroxyl groups is 1. The number of rotatable bonds is 24. The highest BCUT2D eigenvalue weighted by atomic mass is 19.4. The highest BCUT2D eigenvalue weighted by molar-refractivity contribution is 6.06. The van der Waals surface area contributed by atoms with Gasteiger partial charge >= 0.3 is 6.18 Å². The van der Waals surface area contributed by atoms with Crippen LogP contribution in [0.2, 0.25) is 0 Å². The molecule has 1 aromatic heterocycles. The molecule has 0 saturated carbocycles. The lowest BCUT2D eigenvalue weighted by atomic mass is 10.0. The Balaban J connectivity index is 1.35. The minimum atomic E-state index is -4.49. The average molecular weight is 781 g/mol. The van der Waals surface area contributed by atoms with Gasteiger partial charge in [0.1, 0.15) is 0 Å². The van der Waals surface area contributed by atoms with Crippen LogP contribution in [-0.4, -0.2) is 94.5 Å². The second-order valence-electron chi connectivity index (χ2n) is 12.6. The number of nitrogens with zero attached hydrogens (tertiary/aromatic N) is 2. The molecule has 1 heterocycles. The Morgan fingerprint density at radius 3 is 2.05 bits per heavy atom. The van der Waals surface area contributed by atoms with Gasteiger partial charge in [0.15, 0.2) is 0 Å². The first-order valence-corrected chi connectivity index (χ1v) is 18.7. The third-order valence-electron chi connectivity index (χ3n) is 8.68. The van der Waals surface area contributed by atoms with Gasteiger partial charge in [-0.15, -0.1) is 0 Å². The van der Waals surface area contributed by atoms with Crippen LogP contribution in [0.1, 0.15) is 57.7 Å². The molecule has 0 bridgehead atoms. The number of aryl methyl sites for hydroxylation is 1. The predicted molar refractivity (Wildman–Crippen MR) is 209 cm³/mol. The van der Waals surface area contributed by atoms with Crippen LogP contribution in [0.5, 0.6) is 0 Å². The maximum atomic E-state index is 13.6. The largest absolute Gasteiger partial charge is 0.416 e. The fourth-order valence-electron chi connectivity index (χ4n) is 5.77. The normalized spacial score (nSPS) is 11.4. The summed E-state index contributed by atoms with van der Waals surface area (Å²) >= 11 is 0. The van der Waals surface area contributed by atoms with Gasteiger partial charge in [-0.05, 0) is 92.4 Å². The molecule has 2 amide bonds. The first-order valence-electron chi connectivity index (χ1n) is 18.7. The van der Waals surface area contributed by atoms with E-state index in [1.165, 1.54) is 24.4 Å². The van der Waals surface area contributed by atoms with Crippen molar-refractivity contribution in [1.82, 2.24) is 10.3 Å². The summed E-state index contributed by atoms with van der Waals surface area (Å²) in [7, 11) is 0. The van der Waals surface area contributed by atoms with Crippen molar-refractivity contribution in [2.24, 2.45) is 0 Å². The van der Waals surface area contributed by atoms with Crippen molar-refractivity contribution in [1.29, 1.82) is 0 Å². The van der Waals surface area contributed by atoms with Crippen LogP contribution in [0.4, 0.5) is 24.5 Å². The first kappa shape index (κ1) is 43.9. The van der Waals surface area contributed by atoms with Gasteiger partial charge in [0.25, 0.3) is 11.8 Å². The highest BCUT2D eigenvalue weighted by Gasteiger charge is 2.30. The lowest BCUT2D eigenvalue weighted by molar-refractivity contribution is -0.137. The quantitative estimate of drug-likeness (QED) is 0.0659. The molecular weight excluding hydrogens is 729 g/mol. The standard InChI is InChI=1S/C42H51F3N4O7/c1-3-49(4-2)36-13-14-38(37(29-36)39-28-34(15-16-46-39)40(51)47-30-32-9-6-12-35(27-32)42(43,44)45)48-41(52)33-11-5-8-31(26-33)10-7-18-53-20-22-55-24-25-56-23-21-54-19-17-50/h5-6,8-9,11-16,26-29,50H,3-4,7,10,17-25,30H2,1-2H3,(H,47,51)(H,48,52). The Bertz CT molecular complexity index is 1820. The number of anilines is 2. The van der Waals surface area contributed by atoms with E-state index in [2.05, 4.69) is 20.5 Å². The number of carbonyl (C=O) groups excluding carboxylic acids is 2. The molecule has 0 spiro atoms. The average Bonchev–Trinajstić information content (AvgIpc) is 3.21. The third-order valence-corrected chi connectivity index (χ3v) is 8.68.